The molecule has 1 saturated heterocycles. The Bertz CT molecular complexity index is 289. The van der Waals surface area contributed by atoms with Crippen molar-refractivity contribution in [3.8, 4) is 0 Å². The molecule has 4 heteroatoms. The maximum absolute atomic E-state index is 5.49. The van der Waals surface area contributed by atoms with Crippen molar-refractivity contribution in [2.24, 2.45) is 0 Å². The lowest BCUT2D eigenvalue weighted by Crippen LogP contribution is -2.27. The van der Waals surface area contributed by atoms with Gasteiger partial charge in [0, 0.05) is 5.92 Å². The molecule has 0 bridgehead atoms. The third kappa shape index (κ3) is 1.67. The summed E-state index contributed by atoms with van der Waals surface area (Å²) >= 11 is 0. The van der Waals surface area contributed by atoms with Crippen molar-refractivity contribution >= 4 is 6.01 Å². The fraction of sp³-hybridized carbons (Fsp3) is 0.667. The number of aromatic nitrogens is 1. The molecule has 1 aliphatic rings. The van der Waals surface area contributed by atoms with E-state index >= 15 is 0 Å². The van der Waals surface area contributed by atoms with Crippen molar-refractivity contribution in [3.63, 3.8) is 0 Å². The predicted octanol–water partition coefficient (Wildman–Crippen LogP) is 1.03. The highest BCUT2D eigenvalue weighted by atomic mass is 16.4. The van der Waals surface area contributed by atoms with Gasteiger partial charge in [-0.05, 0) is 32.9 Å². The predicted molar refractivity (Wildman–Crippen MR) is 50.5 cm³/mol. The van der Waals surface area contributed by atoms with Gasteiger partial charge in [-0.3, -0.25) is 0 Å². The molecule has 1 aliphatic heterocycles. The highest BCUT2D eigenvalue weighted by Gasteiger charge is 2.21. The Kier molecular flexibility index (Phi) is 2.22. The molecule has 0 atom stereocenters. The Balaban J connectivity index is 2.18. The Labute approximate surface area is 77.5 Å². The van der Waals surface area contributed by atoms with E-state index in [0.717, 1.165) is 37.4 Å². The lowest BCUT2D eigenvalue weighted by atomic mass is 9.94. The van der Waals surface area contributed by atoms with Gasteiger partial charge >= 0.3 is 0 Å². The zero-order valence-corrected chi connectivity index (χ0v) is 7.84. The summed E-state index contributed by atoms with van der Waals surface area (Å²) in [4.78, 5) is 4.22. The second kappa shape index (κ2) is 3.38. The number of piperidine rings is 1. The molecule has 0 radical (unpaired) electrons. The van der Waals surface area contributed by atoms with Crippen molar-refractivity contribution in [3.05, 3.63) is 11.5 Å². The number of nitrogen functional groups attached to an aromatic ring is 1. The fourth-order valence-corrected chi connectivity index (χ4v) is 1.90. The lowest BCUT2D eigenvalue weighted by molar-refractivity contribution is 0.447. The van der Waals surface area contributed by atoms with Gasteiger partial charge in [0.1, 0.15) is 5.76 Å². The minimum Gasteiger partial charge on any atom is -0.429 e. The highest BCUT2D eigenvalue weighted by molar-refractivity contribution is 5.22. The first-order valence-corrected chi connectivity index (χ1v) is 4.71. The molecular weight excluding hydrogens is 166 g/mol. The van der Waals surface area contributed by atoms with Gasteiger partial charge in [-0.15, -0.1) is 0 Å². The van der Waals surface area contributed by atoms with Crippen LogP contribution >= 0.6 is 0 Å². The SMILES string of the molecule is Cc1oc(N)nc1C1CCNCC1. The number of oxazole rings is 1. The van der Waals surface area contributed by atoms with Crippen LogP contribution in [0.1, 0.15) is 30.2 Å². The van der Waals surface area contributed by atoms with Crippen LogP contribution in [0.15, 0.2) is 4.42 Å². The molecule has 0 aliphatic carbocycles. The number of nitrogens with zero attached hydrogens (tertiary/aromatic N) is 1. The average Bonchev–Trinajstić information content (AvgIpc) is 2.47. The summed E-state index contributed by atoms with van der Waals surface area (Å²) in [6, 6.07) is 0.297. The first-order valence-electron chi connectivity index (χ1n) is 4.71. The summed E-state index contributed by atoms with van der Waals surface area (Å²) < 4.78 is 5.21. The molecule has 13 heavy (non-hydrogen) atoms. The summed E-state index contributed by atoms with van der Waals surface area (Å²) in [6.45, 7) is 4.06. The first-order chi connectivity index (χ1) is 6.27. The Morgan fingerprint density at radius 3 is 2.69 bits per heavy atom. The van der Waals surface area contributed by atoms with E-state index < -0.39 is 0 Å². The second-order valence-electron chi connectivity index (χ2n) is 3.52. The summed E-state index contributed by atoms with van der Waals surface area (Å²) in [5, 5.41) is 3.32. The van der Waals surface area contributed by atoms with Gasteiger partial charge in [0.15, 0.2) is 0 Å². The standard InChI is InChI=1S/C9H15N3O/c1-6-8(12-9(10)13-6)7-2-4-11-5-3-7/h7,11H,2-5H2,1H3,(H2,10,12). The van der Waals surface area contributed by atoms with E-state index in [1.54, 1.807) is 0 Å². The van der Waals surface area contributed by atoms with Crippen molar-refractivity contribution in [1.29, 1.82) is 0 Å². The molecule has 3 N–H and O–H groups in total. The van der Waals surface area contributed by atoms with Crippen LogP contribution in [0.4, 0.5) is 6.01 Å². The summed E-state index contributed by atoms with van der Waals surface area (Å²) in [5.74, 6) is 1.41. The van der Waals surface area contributed by atoms with Crippen LogP contribution in [-0.4, -0.2) is 18.1 Å². The molecule has 2 heterocycles. The lowest BCUT2D eigenvalue weighted by Gasteiger charge is -2.20. The van der Waals surface area contributed by atoms with E-state index in [2.05, 4.69) is 10.3 Å². The normalized spacial score (nSPS) is 19.2. The number of nitrogens with one attached hydrogen (secondary N) is 1. The van der Waals surface area contributed by atoms with Gasteiger partial charge in [0.2, 0.25) is 0 Å². The number of anilines is 1. The van der Waals surface area contributed by atoms with Gasteiger partial charge in [0.05, 0.1) is 5.69 Å². The molecule has 0 unspecified atom stereocenters. The van der Waals surface area contributed by atoms with Crippen LogP contribution in [0.2, 0.25) is 0 Å². The fourth-order valence-electron chi connectivity index (χ4n) is 1.90. The average molecular weight is 181 g/mol. The second-order valence-corrected chi connectivity index (χ2v) is 3.52. The van der Waals surface area contributed by atoms with E-state index in [-0.39, 0.29) is 0 Å². The number of rotatable bonds is 1. The van der Waals surface area contributed by atoms with Crippen LogP contribution in [-0.2, 0) is 0 Å². The van der Waals surface area contributed by atoms with E-state index in [1.807, 2.05) is 6.92 Å². The van der Waals surface area contributed by atoms with Crippen molar-refractivity contribution < 1.29 is 4.42 Å². The van der Waals surface area contributed by atoms with Gasteiger partial charge in [-0.25, -0.2) is 0 Å². The zero-order valence-electron chi connectivity index (χ0n) is 7.84. The van der Waals surface area contributed by atoms with Crippen LogP contribution in [0, 0.1) is 6.92 Å². The van der Waals surface area contributed by atoms with Crippen LogP contribution < -0.4 is 11.1 Å². The molecular formula is C9H15N3O. The first kappa shape index (κ1) is 8.56. The zero-order chi connectivity index (χ0) is 9.26. The molecule has 0 saturated carbocycles. The van der Waals surface area contributed by atoms with Gasteiger partial charge < -0.3 is 15.5 Å². The van der Waals surface area contributed by atoms with Gasteiger partial charge in [-0.2, -0.15) is 4.98 Å². The maximum atomic E-state index is 5.49. The monoisotopic (exact) mass is 181 g/mol. The molecule has 1 aromatic heterocycles. The number of aryl methyl sites for hydroxylation is 1. The molecule has 0 amide bonds. The smallest absolute Gasteiger partial charge is 0.292 e. The van der Waals surface area contributed by atoms with E-state index in [4.69, 9.17) is 10.2 Å². The number of hydrogen-bond donors (Lipinski definition) is 2. The van der Waals surface area contributed by atoms with Crippen LogP contribution in [0.5, 0.6) is 0 Å². The number of nitrogens with two attached hydrogens (primary N) is 1. The topological polar surface area (TPSA) is 64.1 Å². The largest absolute Gasteiger partial charge is 0.429 e. The molecule has 0 spiro atoms. The molecule has 2 rings (SSSR count). The van der Waals surface area contributed by atoms with Crippen molar-refractivity contribution in [2.75, 3.05) is 18.8 Å². The highest BCUT2D eigenvalue weighted by Crippen LogP contribution is 2.27. The minimum absolute atomic E-state index is 0.297. The third-order valence-electron chi connectivity index (χ3n) is 2.57. The van der Waals surface area contributed by atoms with Gasteiger partial charge in [0.25, 0.3) is 6.01 Å². The quantitative estimate of drug-likeness (QED) is 0.679. The molecule has 0 aromatic carbocycles. The summed E-state index contributed by atoms with van der Waals surface area (Å²) in [5.41, 5.74) is 6.55. The summed E-state index contributed by atoms with van der Waals surface area (Å²) in [6.07, 6.45) is 2.26. The van der Waals surface area contributed by atoms with E-state index in [9.17, 15) is 0 Å². The Morgan fingerprint density at radius 2 is 2.15 bits per heavy atom. The molecule has 4 nitrogen and oxygen atoms in total. The van der Waals surface area contributed by atoms with E-state index in [0.29, 0.717) is 11.9 Å². The maximum Gasteiger partial charge on any atom is 0.292 e. The molecule has 1 fully saturated rings. The van der Waals surface area contributed by atoms with Crippen molar-refractivity contribution in [2.45, 2.75) is 25.7 Å². The third-order valence-corrected chi connectivity index (χ3v) is 2.57. The minimum atomic E-state index is 0.297. The Hall–Kier alpha value is -1.03. The summed E-state index contributed by atoms with van der Waals surface area (Å²) in [7, 11) is 0. The molecule has 1 aromatic rings. The van der Waals surface area contributed by atoms with Crippen LogP contribution in [0.3, 0.4) is 0 Å². The van der Waals surface area contributed by atoms with Crippen LogP contribution in [0.25, 0.3) is 0 Å². The Morgan fingerprint density at radius 1 is 1.46 bits per heavy atom. The molecule has 72 valence electrons. The van der Waals surface area contributed by atoms with Gasteiger partial charge in [-0.1, -0.05) is 0 Å². The number of hydrogen-bond acceptors (Lipinski definition) is 4. The van der Waals surface area contributed by atoms with Crippen molar-refractivity contribution in [1.82, 2.24) is 10.3 Å². The van der Waals surface area contributed by atoms with E-state index in [1.165, 1.54) is 0 Å².